The molecule has 1 aromatic heterocycles. The van der Waals surface area contributed by atoms with Gasteiger partial charge < -0.3 is 0 Å². The second-order valence-corrected chi connectivity index (χ2v) is 8.09. The summed E-state index contributed by atoms with van der Waals surface area (Å²) in [6.45, 7) is 8.59. The van der Waals surface area contributed by atoms with Gasteiger partial charge in [-0.1, -0.05) is 45.9 Å². The summed E-state index contributed by atoms with van der Waals surface area (Å²) in [5, 5.41) is 5.34. The summed E-state index contributed by atoms with van der Waals surface area (Å²) in [6.07, 6.45) is 0. The normalized spacial score (nSPS) is 13.0. The predicted molar refractivity (Wildman–Crippen MR) is 85.7 cm³/mol. The summed E-state index contributed by atoms with van der Waals surface area (Å²) in [4.78, 5) is 0. The van der Waals surface area contributed by atoms with Gasteiger partial charge in [-0.15, -0.1) is 0 Å². The van der Waals surface area contributed by atoms with Crippen LogP contribution in [0.5, 0.6) is 0 Å². The third-order valence-corrected chi connectivity index (χ3v) is 4.82. The van der Waals surface area contributed by atoms with Crippen molar-refractivity contribution in [2.75, 3.05) is 6.54 Å². The Labute approximate surface area is 126 Å². The third-order valence-electron chi connectivity index (χ3n) is 3.44. The molecule has 0 amide bonds. The highest BCUT2D eigenvalue weighted by Crippen LogP contribution is 2.31. The van der Waals surface area contributed by atoms with E-state index in [9.17, 15) is 8.42 Å². The minimum Gasteiger partial charge on any atom is -0.267 e. The number of hydrogen-bond acceptors (Lipinski definition) is 3. The van der Waals surface area contributed by atoms with Crippen LogP contribution in [0.2, 0.25) is 0 Å². The van der Waals surface area contributed by atoms with Crippen LogP contribution in [0.1, 0.15) is 39.0 Å². The van der Waals surface area contributed by atoms with Crippen molar-refractivity contribution in [2.24, 2.45) is 7.05 Å². The molecule has 5 nitrogen and oxygen atoms in total. The van der Waals surface area contributed by atoms with Crippen LogP contribution in [-0.2, 0) is 28.2 Å². The highest BCUT2D eigenvalue weighted by atomic mass is 32.2. The van der Waals surface area contributed by atoms with Crippen LogP contribution >= 0.6 is 0 Å². The lowest BCUT2D eigenvalue weighted by Crippen LogP contribution is -2.24. The van der Waals surface area contributed by atoms with Crippen molar-refractivity contribution in [3.05, 3.63) is 29.5 Å². The summed E-state index contributed by atoms with van der Waals surface area (Å²) in [5.74, 6) is -0.0915. The van der Waals surface area contributed by atoms with Crippen LogP contribution in [0.15, 0.2) is 18.2 Å². The van der Waals surface area contributed by atoms with Crippen LogP contribution in [0.25, 0.3) is 10.9 Å². The first kappa shape index (κ1) is 16.0. The van der Waals surface area contributed by atoms with Crippen molar-refractivity contribution in [1.82, 2.24) is 14.5 Å². The number of hydrogen-bond donors (Lipinski definition) is 1. The van der Waals surface area contributed by atoms with E-state index in [1.165, 1.54) is 5.56 Å². The van der Waals surface area contributed by atoms with Gasteiger partial charge in [0.1, 0.15) is 5.75 Å². The van der Waals surface area contributed by atoms with Crippen molar-refractivity contribution in [1.29, 1.82) is 0 Å². The number of benzene rings is 1. The molecule has 0 bridgehead atoms. The van der Waals surface area contributed by atoms with E-state index in [1.807, 2.05) is 19.2 Å². The monoisotopic (exact) mass is 309 g/mol. The first-order valence-electron chi connectivity index (χ1n) is 7.08. The molecule has 6 heteroatoms. The van der Waals surface area contributed by atoms with Crippen molar-refractivity contribution in [3.63, 3.8) is 0 Å². The molecule has 0 saturated carbocycles. The lowest BCUT2D eigenvalue weighted by molar-refractivity contribution is 0.581. The van der Waals surface area contributed by atoms with Gasteiger partial charge in [0.25, 0.3) is 0 Å². The van der Waals surface area contributed by atoms with Gasteiger partial charge in [0.2, 0.25) is 10.0 Å². The fourth-order valence-corrected chi connectivity index (χ4v) is 3.69. The smallest absolute Gasteiger partial charge is 0.217 e. The number of rotatable bonds is 4. The van der Waals surface area contributed by atoms with Gasteiger partial charge >= 0.3 is 0 Å². The summed E-state index contributed by atoms with van der Waals surface area (Å²) >= 11 is 0. The van der Waals surface area contributed by atoms with Gasteiger partial charge in [-0.25, -0.2) is 13.1 Å². The maximum absolute atomic E-state index is 12.0. The van der Waals surface area contributed by atoms with Crippen LogP contribution in [0, 0.1) is 0 Å². The van der Waals surface area contributed by atoms with E-state index in [4.69, 9.17) is 0 Å². The molecule has 2 rings (SSSR count). The Balaban J connectivity index is 2.60. The zero-order valence-corrected chi connectivity index (χ0v) is 14.1. The van der Waals surface area contributed by atoms with Crippen molar-refractivity contribution >= 4 is 20.9 Å². The van der Waals surface area contributed by atoms with Crippen molar-refractivity contribution in [3.8, 4) is 0 Å². The quantitative estimate of drug-likeness (QED) is 0.942. The molecule has 0 atom stereocenters. The van der Waals surface area contributed by atoms with Crippen molar-refractivity contribution < 1.29 is 8.42 Å². The number of sulfonamides is 1. The standard InChI is InChI=1S/C15H23N3O2S/c1-6-16-21(19,20)10-13-11-8-7-9-12(15(2,3)4)14(11)18(5)17-13/h7-9,16H,6,10H2,1-5H3. The van der Waals surface area contributed by atoms with Crippen LogP contribution in [0.4, 0.5) is 0 Å². The molecule has 0 fully saturated rings. The lowest BCUT2D eigenvalue weighted by Gasteiger charge is -2.20. The molecule has 0 aliphatic heterocycles. The van der Waals surface area contributed by atoms with Gasteiger partial charge in [0, 0.05) is 19.0 Å². The summed E-state index contributed by atoms with van der Waals surface area (Å²) in [7, 11) is -1.47. The topological polar surface area (TPSA) is 64.0 Å². The Morgan fingerprint density at radius 2 is 1.95 bits per heavy atom. The average molecular weight is 309 g/mol. The summed E-state index contributed by atoms with van der Waals surface area (Å²) in [6, 6.07) is 5.98. The fraction of sp³-hybridized carbons (Fsp3) is 0.533. The highest BCUT2D eigenvalue weighted by Gasteiger charge is 2.22. The van der Waals surface area contributed by atoms with Gasteiger partial charge in [-0.2, -0.15) is 5.10 Å². The van der Waals surface area contributed by atoms with Gasteiger partial charge in [-0.3, -0.25) is 4.68 Å². The molecule has 1 N–H and O–H groups in total. The van der Waals surface area contributed by atoms with Gasteiger partial charge in [0.15, 0.2) is 0 Å². The number of nitrogens with zero attached hydrogens (tertiary/aromatic N) is 2. The number of para-hydroxylation sites is 1. The number of aromatic nitrogens is 2. The van der Waals surface area contributed by atoms with E-state index in [0.29, 0.717) is 12.2 Å². The van der Waals surface area contributed by atoms with Crippen LogP contribution < -0.4 is 4.72 Å². The average Bonchev–Trinajstić information content (AvgIpc) is 2.64. The minimum absolute atomic E-state index is 0.0227. The Hall–Kier alpha value is -1.40. The van der Waals surface area contributed by atoms with Crippen LogP contribution in [-0.4, -0.2) is 24.7 Å². The summed E-state index contributed by atoms with van der Waals surface area (Å²) in [5.41, 5.74) is 2.75. The second kappa shape index (κ2) is 5.42. The SMILES string of the molecule is CCNS(=O)(=O)Cc1nn(C)c2c(C(C)(C)C)cccc12. The van der Waals surface area contributed by atoms with Crippen molar-refractivity contribution in [2.45, 2.75) is 38.9 Å². The highest BCUT2D eigenvalue weighted by molar-refractivity contribution is 7.88. The second-order valence-electron chi connectivity index (χ2n) is 6.28. The fourth-order valence-electron chi connectivity index (χ4n) is 2.57. The maximum atomic E-state index is 12.0. The van der Waals surface area contributed by atoms with Gasteiger partial charge in [0.05, 0.1) is 11.2 Å². The molecule has 1 aromatic carbocycles. The Bertz CT molecular complexity index is 755. The molecule has 2 aromatic rings. The number of nitrogens with one attached hydrogen (secondary N) is 1. The lowest BCUT2D eigenvalue weighted by atomic mass is 9.85. The first-order chi connectivity index (χ1) is 9.65. The molecule has 1 heterocycles. The van der Waals surface area contributed by atoms with E-state index >= 15 is 0 Å². The molecular weight excluding hydrogens is 286 g/mol. The Kier molecular flexibility index (Phi) is 4.13. The molecule has 0 aliphatic rings. The van der Waals surface area contributed by atoms with E-state index in [-0.39, 0.29) is 11.2 Å². The Morgan fingerprint density at radius 1 is 1.29 bits per heavy atom. The van der Waals surface area contributed by atoms with Gasteiger partial charge in [-0.05, 0) is 11.0 Å². The van der Waals surface area contributed by atoms with E-state index in [0.717, 1.165) is 10.9 Å². The minimum atomic E-state index is -3.34. The Morgan fingerprint density at radius 3 is 2.52 bits per heavy atom. The maximum Gasteiger partial charge on any atom is 0.217 e. The van der Waals surface area contributed by atoms with E-state index < -0.39 is 10.0 Å². The molecule has 0 saturated heterocycles. The molecule has 116 valence electrons. The third kappa shape index (κ3) is 3.27. The molecule has 0 aliphatic carbocycles. The predicted octanol–water partition coefficient (Wildman–Crippen LogP) is 2.31. The summed E-state index contributed by atoms with van der Waals surface area (Å²) < 4.78 is 28.2. The molecular formula is C15H23N3O2S. The largest absolute Gasteiger partial charge is 0.267 e. The zero-order chi connectivity index (χ0) is 15.8. The molecule has 0 spiro atoms. The molecule has 0 radical (unpaired) electrons. The number of fused-ring (bicyclic) bond motifs is 1. The molecule has 21 heavy (non-hydrogen) atoms. The van der Waals surface area contributed by atoms with E-state index in [2.05, 4.69) is 36.7 Å². The molecule has 0 unspecified atom stereocenters. The van der Waals surface area contributed by atoms with Crippen LogP contribution in [0.3, 0.4) is 0 Å². The zero-order valence-electron chi connectivity index (χ0n) is 13.3. The first-order valence-corrected chi connectivity index (χ1v) is 8.73. The number of aryl methyl sites for hydroxylation is 1. The van der Waals surface area contributed by atoms with E-state index in [1.54, 1.807) is 11.6 Å².